The average Bonchev–Trinajstić information content (AvgIpc) is 2.57. The minimum absolute atomic E-state index is 0.293. The Hall–Kier alpha value is -0.980. The van der Waals surface area contributed by atoms with Crippen molar-refractivity contribution in [2.45, 2.75) is 38.0 Å². The third kappa shape index (κ3) is 3.27. The van der Waals surface area contributed by atoms with E-state index >= 15 is 0 Å². The van der Waals surface area contributed by atoms with Gasteiger partial charge in [-0.15, -0.1) is 0 Å². The number of nitrogens with zero attached hydrogens (tertiary/aromatic N) is 3. The third-order valence-corrected chi connectivity index (χ3v) is 6.53. The lowest BCUT2D eigenvalue weighted by molar-refractivity contribution is 0.267. The average molecular weight is 309 g/mol. The first-order valence-electron chi connectivity index (χ1n) is 7.83. The van der Waals surface area contributed by atoms with Crippen molar-refractivity contribution in [3.8, 4) is 0 Å². The molecule has 0 bridgehead atoms. The van der Waals surface area contributed by atoms with E-state index in [9.17, 15) is 8.42 Å². The van der Waals surface area contributed by atoms with E-state index in [1.54, 1.807) is 21.0 Å². The highest BCUT2D eigenvalue weighted by atomic mass is 32.2. The van der Waals surface area contributed by atoms with E-state index in [0.717, 1.165) is 32.1 Å². The lowest BCUT2D eigenvalue weighted by Gasteiger charge is -2.36. The molecule has 6 heteroatoms. The number of rotatable bonds is 3. The van der Waals surface area contributed by atoms with E-state index in [-0.39, 0.29) is 0 Å². The van der Waals surface area contributed by atoms with Crippen molar-refractivity contribution in [1.82, 2.24) is 13.6 Å². The van der Waals surface area contributed by atoms with E-state index in [1.165, 1.54) is 5.56 Å². The molecule has 0 aliphatic carbocycles. The number of hydrogen-bond donors (Lipinski definition) is 0. The zero-order chi connectivity index (χ0) is 14.7. The summed E-state index contributed by atoms with van der Waals surface area (Å²) in [6.45, 7) is 2.61. The molecule has 2 saturated heterocycles. The fourth-order valence-electron chi connectivity index (χ4n) is 3.32. The summed E-state index contributed by atoms with van der Waals surface area (Å²) in [6, 6.07) is 4.00. The third-order valence-electron chi connectivity index (χ3n) is 4.53. The Kier molecular flexibility index (Phi) is 4.57. The van der Waals surface area contributed by atoms with E-state index in [4.69, 9.17) is 0 Å². The van der Waals surface area contributed by atoms with Gasteiger partial charge >= 0.3 is 0 Å². The van der Waals surface area contributed by atoms with Crippen LogP contribution in [0.4, 0.5) is 0 Å². The normalized spacial score (nSPS) is 25.8. The largest absolute Gasteiger partial charge is 0.281 e. The van der Waals surface area contributed by atoms with Crippen LogP contribution in [0.25, 0.3) is 0 Å². The van der Waals surface area contributed by atoms with Crippen molar-refractivity contribution < 1.29 is 8.42 Å². The maximum atomic E-state index is 12.8. The molecule has 0 aromatic carbocycles. The second-order valence-corrected chi connectivity index (χ2v) is 7.87. The molecule has 0 spiro atoms. The minimum Gasteiger partial charge on any atom is -0.265 e. The van der Waals surface area contributed by atoms with Crippen molar-refractivity contribution in [1.29, 1.82) is 0 Å². The van der Waals surface area contributed by atoms with Gasteiger partial charge < -0.3 is 0 Å². The summed E-state index contributed by atoms with van der Waals surface area (Å²) >= 11 is 0. The molecule has 1 aromatic heterocycles. The molecule has 0 amide bonds. The van der Waals surface area contributed by atoms with Gasteiger partial charge in [-0.2, -0.15) is 17.0 Å². The molecule has 1 aromatic rings. The molecule has 0 N–H and O–H groups in total. The number of aromatic nitrogens is 1. The summed E-state index contributed by atoms with van der Waals surface area (Å²) in [5.41, 5.74) is 1.20. The van der Waals surface area contributed by atoms with Crippen LogP contribution < -0.4 is 0 Å². The van der Waals surface area contributed by atoms with E-state index in [1.807, 2.05) is 12.1 Å². The fourth-order valence-corrected chi connectivity index (χ4v) is 5.09. The maximum Gasteiger partial charge on any atom is 0.281 e. The van der Waals surface area contributed by atoms with Crippen LogP contribution in [-0.2, 0) is 10.2 Å². The Morgan fingerprint density at radius 1 is 0.952 bits per heavy atom. The molecule has 3 heterocycles. The fraction of sp³-hybridized carbons (Fsp3) is 0.667. The Morgan fingerprint density at radius 3 is 2.33 bits per heavy atom. The van der Waals surface area contributed by atoms with Crippen LogP contribution >= 0.6 is 0 Å². The summed E-state index contributed by atoms with van der Waals surface area (Å²) in [5.74, 6) is 0.293. The zero-order valence-electron chi connectivity index (χ0n) is 12.3. The number of hydrogen-bond acceptors (Lipinski definition) is 3. The summed E-state index contributed by atoms with van der Waals surface area (Å²) in [5, 5.41) is 0. The van der Waals surface area contributed by atoms with Crippen molar-refractivity contribution in [3.63, 3.8) is 0 Å². The van der Waals surface area contributed by atoms with E-state index < -0.39 is 10.2 Å². The van der Waals surface area contributed by atoms with Gasteiger partial charge in [-0.3, -0.25) is 4.98 Å². The van der Waals surface area contributed by atoms with Crippen molar-refractivity contribution in [2.75, 3.05) is 26.2 Å². The van der Waals surface area contributed by atoms with Crippen LogP contribution in [0, 0.1) is 0 Å². The molecule has 3 rings (SSSR count). The predicted octanol–water partition coefficient (Wildman–Crippen LogP) is 1.99. The molecular formula is C15H23N3O2S. The van der Waals surface area contributed by atoms with Gasteiger partial charge in [0.15, 0.2) is 0 Å². The summed E-state index contributed by atoms with van der Waals surface area (Å²) in [6.07, 6.45) is 8.67. The second kappa shape index (κ2) is 6.42. The molecule has 0 radical (unpaired) electrons. The predicted molar refractivity (Wildman–Crippen MR) is 82.1 cm³/mol. The van der Waals surface area contributed by atoms with Gasteiger partial charge in [-0.25, -0.2) is 0 Å². The molecule has 1 atom stereocenters. The van der Waals surface area contributed by atoms with Crippen LogP contribution in [0.1, 0.15) is 43.6 Å². The molecule has 0 unspecified atom stereocenters. The SMILES string of the molecule is O=S(=O)(N1CCCCC1)N1CCC[C@H](c2ccncc2)C1. The quantitative estimate of drug-likeness (QED) is 0.858. The second-order valence-electron chi connectivity index (χ2n) is 5.95. The van der Waals surface area contributed by atoms with Crippen LogP contribution in [-0.4, -0.2) is 48.2 Å². The molecule has 116 valence electrons. The molecule has 2 aliphatic heterocycles. The molecule has 21 heavy (non-hydrogen) atoms. The molecule has 2 aliphatic rings. The Balaban J connectivity index is 1.73. The zero-order valence-corrected chi connectivity index (χ0v) is 13.1. The van der Waals surface area contributed by atoms with Crippen LogP contribution in [0.2, 0.25) is 0 Å². The molecule has 0 saturated carbocycles. The summed E-state index contributed by atoms with van der Waals surface area (Å²) in [4.78, 5) is 4.04. The highest BCUT2D eigenvalue weighted by Crippen LogP contribution is 2.29. The first-order valence-corrected chi connectivity index (χ1v) is 9.23. The number of pyridine rings is 1. The van der Waals surface area contributed by atoms with Gasteiger partial charge in [-0.1, -0.05) is 6.42 Å². The van der Waals surface area contributed by atoms with E-state index in [2.05, 4.69) is 4.98 Å². The highest BCUT2D eigenvalue weighted by Gasteiger charge is 2.34. The lowest BCUT2D eigenvalue weighted by atomic mass is 9.92. The Bertz CT molecular complexity index is 556. The van der Waals surface area contributed by atoms with Crippen LogP contribution in [0.3, 0.4) is 0 Å². The van der Waals surface area contributed by atoms with Crippen LogP contribution in [0.15, 0.2) is 24.5 Å². The van der Waals surface area contributed by atoms with Crippen molar-refractivity contribution in [2.24, 2.45) is 0 Å². The van der Waals surface area contributed by atoms with E-state index in [0.29, 0.717) is 32.1 Å². The number of piperidine rings is 2. The first kappa shape index (κ1) is 14.9. The molecule has 5 nitrogen and oxygen atoms in total. The minimum atomic E-state index is -3.27. The van der Waals surface area contributed by atoms with Gasteiger partial charge in [0, 0.05) is 38.6 Å². The topological polar surface area (TPSA) is 53.5 Å². The van der Waals surface area contributed by atoms with Crippen molar-refractivity contribution in [3.05, 3.63) is 30.1 Å². The Morgan fingerprint density at radius 2 is 1.62 bits per heavy atom. The summed E-state index contributed by atoms with van der Waals surface area (Å²) in [7, 11) is -3.27. The van der Waals surface area contributed by atoms with Crippen molar-refractivity contribution >= 4 is 10.2 Å². The smallest absolute Gasteiger partial charge is 0.265 e. The molecular weight excluding hydrogens is 286 g/mol. The standard InChI is InChI=1S/C15H23N3O2S/c19-21(20,17-10-2-1-3-11-17)18-12-4-5-15(13-18)14-6-8-16-9-7-14/h6-9,15H,1-5,10-13H2/t15-/m0/s1. The van der Waals surface area contributed by atoms with Gasteiger partial charge in [0.05, 0.1) is 0 Å². The first-order chi connectivity index (χ1) is 10.2. The maximum absolute atomic E-state index is 12.8. The summed E-state index contributed by atoms with van der Waals surface area (Å²) < 4.78 is 28.9. The van der Waals surface area contributed by atoms with Gasteiger partial charge in [0.25, 0.3) is 10.2 Å². The monoisotopic (exact) mass is 309 g/mol. The van der Waals surface area contributed by atoms with Gasteiger partial charge in [-0.05, 0) is 49.3 Å². The van der Waals surface area contributed by atoms with Gasteiger partial charge in [0.1, 0.15) is 0 Å². The lowest BCUT2D eigenvalue weighted by Crippen LogP contribution is -2.49. The molecule has 2 fully saturated rings. The Labute approximate surface area is 127 Å². The van der Waals surface area contributed by atoms with Gasteiger partial charge in [0.2, 0.25) is 0 Å². The van der Waals surface area contributed by atoms with Crippen LogP contribution in [0.5, 0.6) is 0 Å². The highest BCUT2D eigenvalue weighted by molar-refractivity contribution is 7.86.